The molecule has 2 aliphatic heterocycles. The Bertz CT molecular complexity index is 614. The van der Waals surface area contributed by atoms with Crippen LogP contribution in [0.25, 0.3) is 0 Å². The Labute approximate surface area is 143 Å². The van der Waals surface area contributed by atoms with Gasteiger partial charge in [0, 0.05) is 19.1 Å². The quantitative estimate of drug-likeness (QED) is 0.893. The molecule has 1 aromatic carbocycles. The van der Waals surface area contributed by atoms with E-state index in [0.717, 1.165) is 31.5 Å². The lowest BCUT2D eigenvalue weighted by atomic mass is 9.83. The van der Waals surface area contributed by atoms with Gasteiger partial charge in [-0.15, -0.1) is 0 Å². The number of aliphatic carboxylic acids is 1. The monoisotopic (exact) mass is 330 g/mol. The molecule has 24 heavy (non-hydrogen) atoms. The first-order chi connectivity index (χ1) is 11.4. The summed E-state index contributed by atoms with van der Waals surface area (Å²) in [6.45, 7) is 5.90. The summed E-state index contributed by atoms with van der Waals surface area (Å²) in [4.78, 5) is 26.5. The number of benzene rings is 1. The van der Waals surface area contributed by atoms with E-state index >= 15 is 0 Å². The van der Waals surface area contributed by atoms with E-state index in [9.17, 15) is 14.7 Å². The van der Waals surface area contributed by atoms with Gasteiger partial charge < -0.3 is 10.0 Å². The van der Waals surface area contributed by atoms with Crippen molar-refractivity contribution in [2.24, 2.45) is 11.3 Å². The number of hydrogen-bond donors (Lipinski definition) is 2. The van der Waals surface area contributed by atoms with Crippen molar-refractivity contribution in [2.75, 3.05) is 13.1 Å². The van der Waals surface area contributed by atoms with Crippen molar-refractivity contribution in [1.82, 2.24) is 10.2 Å². The van der Waals surface area contributed by atoms with E-state index < -0.39 is 12.0 Å². The molecule has 0 bridgehead atoms. The van der Waals surface area contributed by atoms with E-state index in [-0.39, 0.29) is 23.3 Å². The molecule has 3 rings (SSSR count). The average Bonchev–Trinajstić information content (AvgIpc) is 2.99. The fourth-order valence-electron chi connectivity index (χ4n) is 4.04. The molecule has 0 saturated carbocycles. The molecule has 2 heterocycles. The smallest absolute Gasteiger partial charge is 0.320 e. The molecule has 3 atom stereocenters. The van der Waals surface area contributed by atoms with Gasteiger partial charge in [-0.3, -0.25) is 14.9 Å². The Kier molecular flexibility index (Phi) is 4.63. The fraction of sp³-hybridized carbons (Fsp3) is 0.579. The zero-order chi connectivity index (χ0) is 17.3. The standard InChI is InChI=1S/C19H26N2O3/c1-19(2)9-6-10-21(12-19)17(22)14-11-15(18(23)24)20-16(14)13-7-4-3-5-8-13/h3-5,7-8,14-16,20H,6,9-12H2,1-2H3,(H,23,24). The zero-order valence-electron chi connectivity index (χ0n) is 14.4. The molecule has 130 valence electrons. The molecular weight excluding hydrogens is 304 g/mol. The van der Waals surface area contributed by atoms with Gasteiger partial charge in [0.25, 0.3) is 0 Å². The molecule has 0 radical (unpaired) electrons. The maximum atomic E-state index is 13.1. The summed E-state index contributed by atoms with van der Waals surface area (Å²) in [5, 5.41) is 12.5. The molecule has 3 unspecified atom stereocenters. The maximum Gasteiger partial charge on any atom is 0.320 e. The largest absolute Gasteiger partial charge is 0.480 e. The highest BCUT2D eigenvalue weighted by Crippen LogP contribution is 2.36. The molecule has 0 aromatic heterocycles. The Morgan fingerprint density at radius 3 is 2.58 bits per heavy atom. The van der Waals surface area contributed by atoms with Gasteiger partial charge in [-0.25, -0.2) is 0 Å². The Morgan fingerprint density at radius 1 is 1.25 bits per heavy atom. The molecular formula is C19H26N2O3. The van der Waals surface area contributed by atoms with Gasteiger partial charge in [-0.1, -0.05) is 44.2 Å². The predicted octanol–water partition coefficient (Wildman–Crippen LogP) is 2.44. The highest BCUT2D eigenvalue weighted by molar-refractivity contribution is 5.83. The molecule has 2 aliphatic rings. The molecule has 2 N–H and O–H groups in total. The number of nitrogens with one attached hydrogen (secondary N) is 1. The third-order valence-corrected chi connectivity index (χ3v) is 5.26. The van der Waals surface area contributed by atoms with Crippen molar-refractivity contribution in [3.8, 4) is 0 Å². The van der Waals surface area contributed by atoms with Crippen molar-refractivity contribution in [3.63, 3.8) is 0 Å². The molecule has 1 amide bonds. The molecule has 1 aromatic rings. The summed E-state index contributed by atoms with van der Waals surface area (Å²) in [6, 6.07) is 8.81. The first-order valence-electron chi connectivity index (χ1n) is 8.70. The lowest BCUT2D eigenvalue weighted by Crippen LogP contribution is -2.46. The van der Waals surface area contributed by atoms with Crippen molar-refractivity contribution in [3.05, 3.63) is 35.9 Å². The normalized spacial score (nSPS) is 29.4. The summed E-state index contributed by atoms with van der Waals surface area (Å²) < 4.78 is 0. The SMILES string of the molecule is CC1(C)CCCN(C(=O)C2CC(C(=O)O)NC2c2ccccc2)C1. The summed E-state index contributed by atoms with van der Waals surface area (Å²) in [6.07, 6.45) is 2.49. The van der Waals surface area contributed by atoms with E-state index in [1.165, 1.54) is 0 Å². The van der Waals surface area contributed by atoms with Crippen LogP contribution in [0.3, 0.4) is 0 Å². The lowest BCUT2D eigenvalue weighted by Gasteiger charge is -2.39. The van der Waals surface area contributed by atoms with Gasteiger partial charge in [-0.2, -0.15) is 0 Å². The third-order valence-electron chi connectivity index (χ3n) is 5.26. The van der Waals surface area contributed by atoms with Crippen LogP contribution in [0.4, 0.5) is 0 Å². The Morgan fingerprint density at radius 2 is 1.96 bits per heavy atom. The summed E-state index contributed by atoms with van der Waals surface area (Å²) in [5.41, 5.74) is 1.12. The van der Waals surface area contributed by atoms with Crippen LogP contribution in [0.1, 0.15) is 44.7 Å². The van der Waals surface area contributed by atoms with Crippen LogP contribution in [0.2, 0.25) is 0 Å². The van der Waals surface area contributed by atoms with E-state index in [1.54, 1.807) is 0 Å². The van der Waals surface area contributed by atoms with Crippen LogP contribution >= 0.6 is 0 Å². The number of rotatable bonds is 3. The van der Waals surface area contributed by atoms with Crippen LogP contribution in [0, 0.1) is 11.3 Å². The minimum Gasteiger partial charge on any atom is -0.480 e. The lowest BCUT2D eigenvalue weighted by molar-refractivity contribution is -0.139. The zero-order valence-corrected chi connectivity index (χ0v) is 14.4. The number of piperidine rings is 1. The molecule has 5 heteroatoms. The minimum absolute atomic E-state index is 0.0906. The second-order valence-corrected chi connectivity index (χ2v) is 7.82. The van der Waals surface area contributed by atoms with E-state index in [1.807, 2.05) is 35.2 Å². The van der Waals surface area contributed by atoms with Gasteiger partial charge in [0.15, 0.2) is 0 Å². The second-order valence-electron chi connectivity index (χ2n) is 7.82. The fourth-order valence-corrected chi connectivity index (χ4v) is 4.04. The number of likely N-dealkylation sites (tertiary alicyclic amines) is 1. The summed E-state index contributed by atoms with van der Waals surface area (Å²) >= 11 is 0. The number of carboxylic acids is 1. The minimum atomic E-state index is -0.884. The van der Waals surface area contributed by atoms with Crippen LogP contribution in [-0.4, -0.2) is 41.0 Å². The van der Waals surface area contributed by atoms with Gasteiger partial charge in [0.05, 0.1) is 5.92 Å². The Balaban J connectivity index is 1.83. The molecule has 2 fully saturated rings. The topological polar surface area (TPSA) is 69.6 Å². The van der Waals surface area contributed by atoms with Crippen LogP contribution in [0.5, 0.6) is 0 Å². The van der Waals surface area contributed by atoms with Gasteiger partial charge in [0.2, 0.25) is 5.91 Å². The molecule has 5 nitrogen and oxygen atoms in total. The highest BCUT2D eigenvalue weighted by atomic mass is 16.4. The first kappa shape index (κ1) is 17.0. The third kappa shape index (κ3) is 3.46. The van der Waals surface area contributed by atoms with E-state index in [0.29, 0.717) is 6.42 Å². The number of carbonyl (C=O) groups is 2. The highest BCUT2D eigenvalue weighted by Gasteiger charge is 2.44. The van der Waals surface area contributed by atoms with Crippen LogP contribution < -0.4 is 5.32 Å². The number of hydrogen-bond acceptors (Lipinski definition) is 3. The van der Waals surface area contributed by atoms with Crippen LogP contribution in [0.15, 0.2) is 30.3 Å². The van der Waals surface area contributed by atoms with Crippen molar-refractivity contribution in [1.29, 1.82) is 0 Å². The van der Waals surface area contributed by atoms with Gasteiger partial charge >= 0.3 is 5.97 Å². The number of carbonyl (C=O) groups excluding carboxylic acids is 1. The molecule has 0 spiro atoms. The first-order valence-corrected chi connectivity index (χ1v) is 8.70. The van der Waals surface area contributed by atoms with E-state index in [4.69, 9.17) is 0 Å². The molecule has 0 aliphatic carbocycles. The van der Waals surface area contributed by atoms with Crippen LogP contribution in [-0.2, 0) is 9.59 Å². The van der Waals surface area contributed by atoms with Crippen molar-refractivity contribution in [2.45, 2.75) is 45.2 Å². The average molecular weight is 330 g/mol. The van der Waals surface area contributed by atoms with Crippen molar-refractivity contribution < 1.29 is 14.7 Å². The summed E-state index contributed by atoms with van der Waals surface area (Å²) in [7, 11) is 0. The van der Waals surface area contributed by atoms with Gasteiger partial charge in [-0.05, 0) is 30.2 Å². The van der Waals surface area contributed by atoms with Crippen molar-refractivity contribution >= 4 is 11.9 Å². The maximum absolute atomic E-state index is 13.1. The number of carboxylic acid groups (broad SMARTS) is 1. The van der Waals surface area contributed by atoms with Gasteiger partial charge in [0.1, 0.15) is 6.04 Å². The van der Waals surface area contributed by atoms with E-state index in [2.05, 4.69) is 19.2 Å². The Hall–Kier alpha value is -1.88. The summed E-state index contributed by atoms with van der Waals surface area (Å²) in [5.74, 6) is -1.11. The number of amides is 1. The molecule has 2 saturated heterocycles. The predicted molar refractivity (Wildman–Crippen MR) is 91.4 cm³/mol. The number of nitrogens with zero attached hydrogens (tertiary/aromatic N) is 1. The second kappa shape index (κ2) is 6.55.